The summed E-state index contributed by atoms with van der Waals surface area (Å²) >= 11 is 3.50. The molecule has 0 aliphatic carbocycles. The molecule has 1 aliphatic rings. The molecule has 0 aromatic heterocycles. The third kappa shape index (κ3) is 6.24. The number of ether oxygens (including phenoxy) is 1. The third-order valence-corrected chi connectivity index (χ3v) is 5.62. The second kappa shape index (κ2) is 10.5. The SMILES string of the molecule is CN=C(NCc1ccc(OC)cc1)NC1CCN(Cc2ccc(Br)cc2)CC1. The zero-order chi connectivity index (χ0) is 19.8. The van der Waals surface area contributed by atoms with Crippen molar-refractivity contribution in [1.82, 2.24) is 15.5 Å². The number of aliphatic imine (C=N–C) groups is 1. The molecular weight excluding hydrogens is 416 g/mol. The van der Waals surface area contributed by atoms with Crippen LogP contribution in [0.5, 0.6) is 5.75 Å². The Balaban J connectivity index is 1.41. The molecule has 1 heterocycles. The molecule has 0 bridgehead atoms. The average Bonchev–Trinajstić information content (AvgIpc) is 2.74. The fourth-order valence-corrected chi connectivity index (χ4v) is 3.66. The number of hydrogen-bond acceptors (Lipinski definition) is 3. The highest BCUT2D eigenvalue weighted by molar-refractivity contribution is 9.10. The van der Waals surface area contributed by atoms with E-state index in [2.05, 4.69) is 72.9 Å². The van der Waals surface area contributed by atoms with Gasteiger partial charge in [0.05, 0.1) is 7.11 Å². The lowest BCUT2D eigenvalue weighted by atomic mass is 10.0. The molecule has 0 amide bonds. The number of piperidine rings is 1. The van der Waals surface area contributed by atoms with Crippen LogP contribution in [0.25, 0.3) is 0 Å². The normalized spacial score (nSPS) is 16.0. The zero-order valence-corrected chi connectivity index (χ0v) is 18.2. The van der Waals surface area contributed by atoms with Gasteiger partial charge in [-0.15, -0.1) is 0 Å². The van der Waals surface area contributed by atoms with Crippen molar-refractivity contribution in [2.24, 2.45) is 4.99 Å². The molecule has 3 rings (SSSR count). The van der Waals surface area contributed by atoms with Gasteiger partial charge in [0.25, 0.3) is 0 Å². The number of guanidine groups is 1. The van der Waals surface area contributed by atoms with Gasteiger partial charge in [0.2, 0.25) is 0 Å². The van der Waals surface area contributed by atoms with Gasteiger partial charge < -0.3 is 15.4 Å². The summed E-state index contributed by atoms with van der Waals surface area (Å²) in [6.45, 7) is 3.96. The summed E-state index contributed by atoms with van der Waals surface area (Å²) in [5.74, 6) is 1.74. The van der Waals surface area contributed by atoms with Gasteiger partial charge in [0.1, 0.15) is 5.75 Å². The fraction of sp³-hybridized carbons (Fsp3) is 0.409. The number of nitrogens with zero attached hydrogens (tertiary/aromatic N) is 2. The highest BCUT2D eigenvalue weighted by atomic mass is 79.9. The molecule has 2 aromatic rings. The first-order chi connectivity index (χ1) is 13.7. The summed E-state index contributed by atoms with van der Waals surface area (Å²) in [6.07, 6.45) is 2.25. The van der Waals surface area contributed by atoms with Crippen LogP contribution in [0.2, 0.25) is 0 Å². The molecule has 0 saturated carbocycles. The molecule has 1 fully saturated rings. The van der Waals surface area contributed by atoms with E-state index in [1.165, 1.54) is 11.1 Å². The van der Waals surface area contributed by atoms with Crippen LogP contribution in [0.3, 0.4) is 0 Å². The number of hydrogen-bond donors (Lipinski definition) is 2. The van der Waals surface area contributed by atoms with Gasteiger partial charge >= 0.3 is 0 Å². The lowest BCUT2D eigenvalue weighted by Gasteiger charge is -2.33. The number of benzene rings is 2. The number of halogens is 1. The molecule has 5 nitrogen and oxygen atoms in total. The lowest BCUT2D eigenvalue weighted by molar-refractivity contribution is 0.198. The molecule has 1 saturated heterocycles. The number of nitrogens with one attached hydrogen (secondary N) is 2. The molecule has 0 spiro atoms. The molecule has 150 valence electrons. The third-order valence-electron chi connectivity index (χ3n) is 5.09. The molecule has 28 heavy (non-hydrogen) atoms. The first kappa shape index (κ1) is 20.7. The summed E-state index contributed by atoms with van der Waals surface area (Å²) < 4.78 is 6.34. The quantitative estimate of drug-likeness (QED) is 0.525. The van der Waals surface area contributed by atoms with Crippen LogP contribution in [0.1, 0.15) is 24.0 Å². The fourth-order valence-electron chi connectivity index (χ4n) is 3.40. The van der Waals surface area contributed by atoms with Crippen LogP contribution >= 0.6 is 15.9 Å². The number of likely N-dealkylation sites (tertiary alicyclic amines) is 1. The van der Waals surface area contributed by atoms with E-state index in [4.69, 9.17) is 4.74 Å². The van der Waals surface area contributed by atoms with Crippen molar-refractivity contribution in [3.8, 4) is 5.75 Å². The van der Waals surface area contributed by atoms with E-state index in [9.17, 15) is 0 Å². The van der Waals surface area contributed by atoms with Crippen molar-refractivity contribution in [1.29, 1.82) is 0 Å². The van der Waals surface area contributed by atoms with Crippen molar-refractivity contribution < 1.29 is 4.74 Å². The molecule has 2 N–H and O–H groups in total. The van der Waals surface area contributed by atoms with Crippen LogP contribution in [-0.4, -0.2) is 44.1 Å². The van der Waals surface area contributed by atoms with Gasteiger partial charge in [0, 0.05) is 43.7 Å². The largest absolute Gasteiger partial charge is 0.497 e. The number of methoxy groups -OCH3 is 1. The van der Waals surface area contributed by atoms with E-state index >= 15 is 0 Å². The molecule has 2 aromatic carbocycles. The summed E-state index contributed by atoms with van der Waals surface area (Å²) in [5.41, 5.74) is 2.57. The Labute approximate surface area is 176 Å². The van der Waals surface area contributed by atoms with Crippen LogP contribution in [-0.2, 0) is 13.1 Å². The van der Waals surface area contributed by atoms with E-state index in [0.717, 1.165) is 55.2 Å². The lowest BCUT2D eigenvalue weighted by Crippen LogP contribution is -2.48. The first-order valence-corrected chi connectivity index (χ1v) is 10.5. The van der Waals surface area contributed by atoms with Gasteiger partial charge in [-0.1, -0.05) is 40.2 Å². The molecule has 6 heteroatoms. The van der Waals surface area contributed by atoms with Crippen LogP contribution in [0.15, 0.2) is 58.0 Å². The Morgan fingerprint density at radius 3 is 2.32 bits per heavy atom. The van der Waals surface area contributed by atoms with Crippen molar-refractivity contribution in [3.63, 3.8) is 0 Å². The van der Waals surface area contributed by atoms with Gasteiger partial charge in [-0.25, -0.2) is 0 Å². The Bertz CT molecular complexity index is 753. The minimum absolute atomic E-state index is 0.461. The van der Waals surface area contributed by atoms with E-state index in [1.54, 1.807) is 7.11 Å². The van der Waals surface area contributed by atoms with E-state index < -0.39 is 0 Å². The topological polar surface area (TPSA) is 48.9 Å². The summed E-state index contributed by atoms with van der Waals surface area (Å²) in [7, 11) is 3.51. The Hall–Kier alpha value is -2.05. The Morgan fingerprint density at radius 1 is 1.07 bits per heavy atom. The van der Waals surface area contributed by atoms with Gasteiger partial charge in [0.15, 0.2) is 5.96 Å². The predicted octanol–water partition coefficient (Wildman–Crippen LogP) is 3.79. The molecule has 0 atom stereocenters. The van der Waals surface area contributed by atoms with E-state index in [0.29, 0.717) is 6.04 Å². The molecule has 1 aliphatic heterocycles. The maximum Gasteiger partial charge on any atom is 0.191 e. The van der Waals surface area contributed by atoms with Gasteiger partial charge in [-0.3, -0.25) is 9.89 Å². The maximum atomic E-state index is 5.21. The minimum atomic E-state index is 0.461. The highest BCUT2D eigenvalue weighted by Crippen LogP contribution is 2.16. The monoisotopic (exact) mass is 444 g/mol. The van der Waals surface area contributed by atoms with Crippen molar-refractivity contribution in [3.05, 3.63) is 64.1 Å². The second-order valence-electron chi connectivity index (χ2n) is 7.10. The average molecular weight is 445 g/mol. The predicted molar refractivity (Wildman–Crippen MR) is 119 cm³/mol. The Morgan fingerprint density at radius 2 is 1.71 bits per heavy atom. The molecule has 0 radical (unpaired) electrons. The van der Waals surface area contributed by atoms with E-state index in [1.807, 2.05) is 19.2 Å². The van der Waals surface area contributed by atoms with E-state index in [-0.39, 0.29) is 0 Å². The van der Waals surface area contributed by atoms with Crippen LogP contribution in [0.4, 0.5) is 0 Å². The van der Waals surface area contributed by atoms with Crippen LogP contribution in [0, 0.1) is 0 Å². The van der Waals surface area contributed by atoms with Gasteiger partial charge in [-0.05, 0) is 48.2 Å². The number of rotatable bonds is 6. The molecular formula is C22H29BrN4O. The van der Waals surface area contributed by atoms with Gasteiger partial charge in [-0.2, -0.15) is 0 Å². The van der Waals surface area contributed by atoms with Crippen LogP contribution < -0.4 is 15.4 Å². The zero-order valence-electron chi connectivity index (χ0n) is 16.6. The first-order valence-electron chi connectivity index (χ1n) is 9.73. The maximum absolute atomic E-state index is 5.21. The second-order valence-corrected chi connectivity index (χ2v) is 8.01. The molecule has 0 unspecified atom stereocenters. The van der Waals surface area contributed by atoms with Crippen molar-refractivity contribution >= 4 is 21.9 Å². The highest BCUT2D eigenvalue weighted by Gasteiger charge is 2.20. The summed E-state index contributed by atoms with van der Waals surface area (Å²) in [5, 5.41) is 6.98. The summed E-state index contributed by atoms with van der Waals surface area (Å²) in [4.78, 5) is 6.90. The standard InChI is InChI=1S/C22H29BrN4O/c1-24-22(25-15-17-5-9-21(28-2)10-6-17)26-20-11-13-27(14-12-20)16-18-3-7-19(23)8-4-18/h3-10,20H,11-16H2,1-2H3,(H2,24,25,26). The Kier molecular flexibility index (Phi) is 7.74. The smallest absolute Gasteiger partial charge is 0.191 e. The van der Waals surface area contributed by atoms with Crippen molar-refractivity contribution in [2.45, 2.75) is 32.0 Å². The minimum Gasteiger partial charge on any atom is -0.497 e. The summed E-state index contributed by atoms with van der Waals surface area (Å²) in [6, 6.07) is 17.2. The van der Waals surface area contributed by atoms with Crippen molar-refractivity contribution in [2.75, 3.05) is 27.2 Å².